The van der Waals surface area contributed by atoms with Gasteiger partial charge in [-0.1, -0.05) is 46.3 Å². The van der Waals surface area contributed by atoms with Crippen molar-refractivity contribution in [3.8, 4) is 0 Å². The van der Waals surface area contributed by atoms with E-state index in [1.165, 1.54) is 25.7 Å². The van der Waals surface area contributed by atoms with Gasteiger partial charge in [-0.3, -0.25) is 4.79 Å². The van der Waals surface area contributed by atoms with Crippen LogP contribution in [0.5, 0.6) is 0 Å². The van der Waals surface area contributed by atoms with Crippen molar-refractivity contribution < 1.29 is 19.7 Å². The average Bonchev–Trinajstić information content (AvgIpc) is 2.61. The zero-order chi connectivity index (χ0) is 20.2. The van der Waals surface area contributed by atoms with Crippen LogP contribution in [0, 0.1) is 28.6 Å². The van der Waals surface area contributed by atoms with Gasteiger partial charge in [-0.2, -0.15) is 0 Å². The van der Waals surface area contributed by atoms with Crippen molar-refractivity contribution in [2.75, 3.05) is 13.2 Å². The number of allylic oxidation sites excluding steroid dienone is 2. The predicted octanol–water partition coefficient (Wildman–Crippen LogP) is 4.49. The van der Waals surface area contributed by atoms with E-state index < -0.39 is 6.10 Å². The molecule has 27 heavy (non-hydrogen) atoms. The summed E-state index contributed by atoms with van der Waals surface area (Å²) < 4.78 is 5.06. The highest BCUT2D eigenvalue weighted by Crippen LogP contribution is 2.58. The largest absolute Gasteiger partial charge is 0.463 e. The number of ether oxygens (including phenoxy) is 1. The van der Waals surface area contributed by atoms with Crippen molar-refractivity contribution in [1.29, 1.82) is 0 Å². The van der Waals surface area contributed by atoms with Crippen LogP contribution in [0.4, 0.5) is 0 Å². The van der Waals surface area contributed by atoms with E-state index in [4.69, 9.17) is 9.84 Å². The predicted molar refractivity (Wildman–Crippen MR) is 108 cm³/mol. The molecule has 2 rings (SSSR count). The van der Waals surface area contributed by atoms with Crippen LogP contribution in [0.1, 0.15) is 79.6 Å². The number of fused-ring (bicyclic) bond motifs is 1. The van der Waals surface area contributed by atoms with Gasteiger partial charge in [0.15, 0.2) is 0 Å². The zero-order valence-corrected chi connectivity index (χ0v) is 18.0. The molecule has 5 unspecified atom stereocenters. The van der Waals surface area contributed by atoms with Gasteiger partial charge in [-0.25, -0.2) is 0 Å². The lowest BCUT2D eigenvalue weighted by atomic mass is 9.52. The second-order valence-corrected chi connectivity index (χ2v) is 10.0. The fourth-order valence-corrected chi connectivity index (χ4v) is 5.16. The van der Waals surface area contributed by atoms with Crippen molar-refractivity contribution >= 4 is 5.97 Å². The zero-order valence-electron chi connectivity index (χ0n) is 18.0. The molecule has 0 heterocycles. The number of rotatable bonds is 8. The molecular formula is C23H40O4. The van der Waals surface area contributed by atoms with Crippen molar-refractivity contribution in [3.05, 3.63) is 11.6 Å². The Labute approximate surface area is 165 Å². The SMILES string of the molecule is CC(CCC1(C)C2=CCCC(C)(C)C2CCC1C)CC(=O)OCC(O)CO. The molecule has 4 heteroatoms. The molecule has 0 saturated heterocycles. The van der Waals surface area contributed by atoms with E-state index in [-0.39, 0.29) is 30.5 Å². The van der Waals surface area contributed by atoms with Crippen molar-refractivity contribution in [2.45, 2.75) is 85.7 Å². The number of hydrogen-bond donors (Lipinski definition) is 2. The first-order chi connectivity index (χ1) is 12.6. The van der Waals surface area contributed by atoms with Crippen LogP contribution in [0.3, 0.4) is 0 Å². The van der Waals surface area contributed by atoms with Gasteiger partial charge in [-0.15, -0.1) is 0 Å². The molecule has 0 spiro atoms. The van der Waals surface area contributed by atoms with Crippen molar-refractivity contribution in [1.82, 2.24) is 0 Å². The Morgan fingerprint density at radius 1 is 1.33 bits per heavy atom. The lowest BCUT2D eigenvalue weighted by molar-refractivity contribution is -0.148. The minimum absolute atomic E-state index is 0.125. The highest BCUT2D eigenvalue weighted by molar-refractivity contribution is 5.69. The van der Waals surface area contributed by atoms with Crippen LogP contribution in [0.25, 0.3) is 0 Å². The van der Waals surface area contributed by atoms with Gasteiger partial charge in [0.2, 0.25) is 0 Å². The molecule has 0 radical (unpaired) electrons. The molecule has 4 nitrogen and oxygen atoms in total. The second-order valence-electron chi connectivity index (χ2n) is 10.0. The Kier molecular flexibility index (Phi) is 7.54. The highest BCUT2D eigenvalue weighted by atomic mass is 16.5. The third kappa shape index (κ3) is 5.35. The number of hydrogen-bond acceptors (Lipinski definition) is 4. The van der Waals surface area contributed by atoms with Gasteiger partial charge < -0.3 is 14.9 Å². The third-order valence-electron chi connectivity index (χ3n) is 7.43. The summed E-state index contributed by atoms with van der Waals surface area (Å²) in [5.41, 5.74) is 2.30. The standard InChI is InChI=1S/C23H40O4/c1-16(13-21(26)27-15-18(25)14-24)10-12-23(5)17(2)8-9-19-20(23)7-6-11-22(19,3)4/h7,16-19,24-25H,6,8-15H2,1-5H3. The Morgan fingerprint density at radius 3 is 2.70 bits per heavy atom. The van der Waals surface area contributed by atoms with E-state index in [0.717, 1.165) is 12.8 Å². The first-order valence-corrected chi connectivity index (χ1v) is 10.7. The van der Waals surface area contributed by atoms with E-state index in [0.29, 0.717) is 23.7 Å². The molecule has 1 fully saturated rings. The summed E-state index contributed by atoms with van der Waals surface area (Å²) in [6, 6.07) is 0. The van der Waals surface area contributed by atoms with Gasteiger partial charge >= 0.3 is 5.97 Å². The Balaban J connectivity index is 1.94. The molecule has 0 aromatic rings. The van der Waals surface area contributed by atoms with Crippen molar-refractivity contribution in [3.63, 3.8) is 0 Å². The fraction of sp³-hybridized carbons (Fsp3) is 0.870. The maximum absolute atomic E-state index is 12.0. The van der Waals surface area contributed by atoms with Gasteiger partial charge in [0, 0.05) is 6.42 Å². The van der Waals surface area contributed by atoms with Crippen LogP contribution in [0.15, 0.2) is 11.6 Å². The molecular weight excluding hydrogens is 340 g/mol. The average molecular weight is 381 g/mol. The molecule has 0 aromatic carbocycles. The topological polar surface area (TPSA) is 66.8 Å². The van der Waals surface area contributed by atoms with E-state index in [2.05, 4.69) is 40.7 Å². The van der Waals surface area contributed by atoms with Crippen LogP contribution in [-0.2, 0) is 9.53 Å². The first-order valence-electron chi connectivity index (χ1n) is 10.7. The van der Waals surface area contributed by atoms with E-state index in [9.17, 15) is 9.90 Å². The summed E-state index contributed by atoms with van der Waals surface area (Å²) in [4.78, 5) is 12.0. The van der Waals surface area contributed by atoms with Crippen LogP contribution >= 0.6 is 0 Å². The molecule has 2 aliphatic rings. The van der Waals surface area contributed by atoms with Gasteiger partial charge in [0.1, 0.15) is 12.7 Å². The molecule has 0 aliphatic heterocycles. The van der Waals surface area contributed by atoms with Crippen LogP contribution < -0.4 is 0 Å². The van der Waals surface area contributed by atoms with Gasteiger partial charge in [-0.05, 0) is 67.1 Å². The summed E-state index contributed by atoms with van der Waals surface area (Å²) >= 11 is 0. The van der Waals surface area contributed by atoms with Gasteiger partial charge in [0.05, 0.1) is 6.61 Å². The lowest BCUT2D eigenvalue weighted by Gasteiger charge is -2.53. The minimum Gasteiger partial charge on any atom is -0.463 e. The summed E-state index contributed by atoms with van der Waals surface area (Å²) in [6.45, 7) is 11.3. The number of carbonyl (C=O) groups is 1. The van der Waals surface area contributed by atoms with Crippen LogP contribution in [-0.4, -0.2) is 35.5 Å². The van der Waals surface area contributed by atoms with E-state index in [1.54, 1.807) is 5.57 Å². The molecule has 5 atom stereocenters. The summed E-state index contributed by atoms with van der Waals surface area (Å²) in [5, 5.41) is 18.1. The quantitative estimate of drug-likeness (QED) is 0.481. The van der Waals surface area contributed by atoms with Gasteiger partial charge in [0.25, 0.3) is 0 Å². The maximum atomic E-state index is 12.0. The molecule has 2 aliphatic carbocycles. The Morgan fingerprint density at radius 2 is 2.04 bits per heavy atom. The summed E-state index contributed by atoms with van der Waals surface area (Å²) in [5.74, 6) is 1.35. The smallest absolute Gasteiger partial charge is 0.306 e. The number of aliphatic hydroxyl groups is 2. The first kappa shape index (κ1) is 22.4. The molecule has 0 bridgehead atoms. The molecule has 2 N–H and O–H groups in total. The molecule has 0 aromatic heterocycles. The Bertz CT molecular complexity index is 538. The Hall–Kier alpha value is -0.870. The molecule has 156 valence electrons. The second kappa shape index (κ2) is 9.09. The molecule has 0 amide bonds. The van der Waals surface area contributed by atoms with E-state index >= 15 is 0 Å². The highest BCUT2D eigenvalue weighted by Gasteiger charge is 2.47. The van der Waals surface area contributed by atoms with E-state index in [1.807, 2.05) is 0 Å². The lowest BCUT2D eigenvalue weighted by Crippen LogP contribution is -2.43. The van der Waals surface area contributed by atoms with Crippen LogP contribution in [0.2, 0.25) is 0 Å². The molecule has 1 saturated carbocycles. The maximum Gasteiger partial charge on any atom is 0.306 e. The number of aliphatic hydroxyl groups excluding tert-OH is 2. The fourth-order valence-electron chi connectivity index (χ4n) is 5.16. The normalized spacial score (nSPS) is 32.2. The number of esters is 1. The number of carbonyl (C=O) groups excluding carboxylic acids is 1. The third-order valence-corrected chi connectivity index (χ3v) is 7.43. The summed E-state index contributed by atoms with van der Waals surface area (Å²) in [7, 11) is 0. The summed E-state index contributed by atoms with van der Waals surface area (Å²) in [6.07, 6.45) is 9.11. The van der Waals surface area contributed by atoms with Crippen molar-refractivity contribution in [2.24, 2.45) is 28.6 Å². The monoisotopic (exact) mass is 380 g/mol. The minimum atomic E-state index is -0.982.